The minimum absolute atomic E-state index is 0.0379. The lowest BCUT2D eigenvalue weighted by Gasteiger charge is -2.10. The van der Waals surface area contributed by atoms with Crippen LogP contribution in [0.5, 0.6) is 17.2 Å². The van der Waals surface area contributed by atoms with Gasteiger partial charge in [0.05, 0.1) is 34.0 Å². The lowest BCUT2D eigenvalue weighted by molar-refractivity contribution is -0.384. The van der Waals surface area contributed by atoms with Gasteiger partial charge in [-0.15, -0.1) is 0 Å². The summed E-state index contributed by atoms with van der Waals surface area (Å²) in [4.78, 5) is 23.0. The van der Waals surface area contributed by atoms with Crippen LogP contribution in [0.1, 0.15) is 5.69 Å². The van der Waals surface area contributed by atoms with Gasteiger partial charge in [-0.1, -0.05) is 0 Å². The highest BCUT2D eigenvalue weighted by Crippen LogP contribution is 2.30. The monoisotopic (exact) mass is 460 g/mol. The van der Waals surface area contributed by atoms with E-state index >= 15 is 0 Å². The smallest absolute Gasteiger partial charge is 0.275 e. The van der Waals surface area contributed by atoms with Crippen LogP contribution >= 0.6 is 15.9 Å². The largest absolute Gasteiger partial charge is 0.497 e. The van der Waals surface area contributed by atoms with Crippen LogP contribution in [-0.2, 0) is 11.3 Å². The molecule has 1 N–H and O–H groups in total. The molecule has 150 valence electrons. The van der Waals surface area contributed by atoms with Crippen molar-refractivity contribution >= 4 is 33.2 Å². The number of nitro benzene ring substituents is 1. The van der Waals surface area contributed by atoms with Crippen LogP contribution < -0.4 is 14.8 Å². The molecule has 0 aliphatic heterocycles. The van der Waals surface area contributed by atoms with E-state index in [1.165, 1.54) is 22.9 Å². The Morgan fingerprint density at radius 3 is 2.48 bits per heavy atom. The summed E-state index contributed by atoms with van der Waals surface area (Å²) in [6, 6.07) is 10.8. The molecule has 0 aliphatic rings. The number of amides is 1. The Bertz CT molecular complexity index is 1030. The zero-order valence-corrected chi connectivity index (χ0v) is 17.2. The van der Waals surface area contributed by atoms with Crippen molar-refractivity contribution in [2.45, 2.75) is 13.5 Å². The fraction of sp³-hybridized carbons (Fsp3) is 0.158. The molecule has 0 radical (unpaired) electrons. The number of anilines is 1. The van der Waals surface area contributed by atoms with E-state index in [0.717, 1.165) is 10.2 Å². The van der Waals surface area contributed by atoms with Crippen molar-refractivity contribution in [2.24, 2.45) is 0 Å². The highest BCUT2D eigenvalue weighted by molar-refractivity contribution is 9.10. The van der Waals surface area contributed by atoms with Crippen molar-refractivity contribution in [3.05, 3.63) is 68.9 Å². The molecule has 3 rings (SSSR count). The molecular weight excluding hydrogens is 444 g/mol. The normalized spacial score (nSPS) is 10.4. The number of ether oxygens (including phenoxy) is 2. The number of non-ortho nitro benzene ring substituents is 1. The minimum Gasteiger partial charge on any atom is -0.497 e. The molecule has 1 heterocycles. The number of nitrogens with one attached hydrogen (secondary N) is 1. The topological polar surface area (TPSA) is 109 Å². The second kappa shape index (κ2) is 8.74. The van der Waals surface area contributed by atoms with E-state index < -0.39 is 4.92 Å². The number of aryl methyl sites for hydroxylation is 1. The first-order chi connectivity index (χ1) is 13.8. The standard InChI is InChI=1S/C19H17BrN4O5/c1-12-18(20)10-23(22-12)11-19(25)21-13-7-14(24(26)27)9-17(8-13)29-16-5-3-15(28-2)4-6-16/h3-10H,11H2,1-2H3,(H,21,25). The van der Waals surface area contributed by atoms with Gasteiger partial charge in [-0.2, -0.15) is 5.10 Å². The highest BCUT2D eigenvalue weighted by atomic mass is 79.9. The predicted octanol–water partition coefficient (Wildman–Crippen LogP) is 4.30. The maximum absolute atomic E-state index is 12.3. The zero-order chi connectivity index (χ0) is 21.0. The third kappa shape index (κ3) is 5.32. The fourth-order valence-corrected chi connectivity index (χ4v) is 2.84. The summed E-state index contributed by atoms with van der Waals surface area (Å²) in [7, 11) is 1.55. The van der Waals surface area contributed by atoms with Crippen LogP contribution in [0.25, 0.3) is 0 Å². The first kappa shape index (κ1) is 20.3. The average molecular weight is 461 g/mol. The van der Waals surface area contributed by atoms with E-state index in [1.807, 2.05) is 6.92 Å². The summed E-state index contributed by atoms with van der Waals surface area (Å²) in [6.45, 7) is 1.77. The van der Waals surface area contributed by atoms with Crippen LogP contribution in [0, 0.1) is 17.0 Å². The summed E-state index contributed by atoms with van der Waals surface area (Å²) in [5, 5.41) is 18.1. The lowest BCUT2D eigenvalue weighted by atomic mass is 10.2. The average Bonchev–Trinajstić information content (AvgIpc) is 2.99. The van der Waals surface area contributed by atoms with E-state index in [4.69, 9.17) is 9.47 Å². The number of carbonyl (C=O) groups excluding carboxylic acids is 1. The van der Waals surface area contributed by atoms with Gasteiger partial charge in [-0.3, -0.25) is 19.6 Å². The van der Waals surface area contributed by atoms with Gasteiger partial charge in [0.2, 0.25) is 5.91 Å². The molecule has 1 aromatic heterocycles. The first-order valence-corrected chi connectivity index (χ1v) is 9.24. The molecular formula is C19H17BrN4O5. The SMILES string of the molecule is COc1ccc(Oc2cc(NC(=O)Cn3cc(Br)c(C)n3)cc([N+](=O)[O-])c2)cc1. The van der Waals surface area contributed by atoms with Crippen molar-refractivity contribution < 1.29 is 19.2 Å². The van der Waals surface area contributed by atoms with Crippen molar-refractivity contribution in [3.8, 4) is 17.2 Å². The summed E-state index contributed by atoms with van der Waals surface area (Å²) >= 11 is 3.33. The van der Waals surface area contributed by atoms with E-state index in [-0.39, 0.29) is 29.6 Å². The van der Waals surface area contributed by atoms with Crippen molar-refractivity contribution in [1.82, 2.24) is 9.78 Å². The number of methoxy groups -OCH3 is 1. The van der Waals surface area contributed by atoms with E-state index in [9.17, 15) is 14.9 Å². The molecule has 29 heavy (non-hydrogen) atoms. The third-order valence-corrected chi connectivity index (χ3v) is 4.65. The first-order valence-electron chi connectivity index (χ1n) is 8.45. The van der Waals surface area contributed by atoms with Gasteiger partial charge in [0.1, 0.15) is 23.8 Å². The van der Waals surface area contributed by atoms with Gasteiger partial charge in [-0.25, -0.2) is 0 Å². The Morgan fingerprint density at radius 1 is 1.21 bits per heavy atom. The molecule has 0 saturated heterocycles. The highest BCUT2D eigenvalue weighted by Gasteiger charge is 2.14. The summed E-state index contributed by atoms with van der Waals surface area (Å²) in [5.41, 5.74) is 0.794. The summed E-state index contributed by atoms with van der Waals surface area (Å²) in [6.07, 6.45) is 1.68. The Morgan fingerprint density at radius 2 is 1.90 bits per heavy atom. The van der Waals surface area contributed by atoms with E-state index in [0.29, 0.717) is 11.5 Å². The summed E-state index contributed by atoms with van der Waals surface area (Å²) < 4.78 is 13.0. The number of carbonyl (C=O) groups is 1. The van der Waals surface area contributed by atoms with Crippen LogP contribution in [0.4, 0.5) is 11.4 Å². The Kier molecular flexibility index (Phi) is 6.13. The maximum Gasteiger partial charge on any atom is 0.275 e. The molecule has 1 amide bonds. The minimum atomic E-state index is -0.551. The lowest BCUT2D eigenvalue weighted by Crippen LogP contribution is -2.19. The Labute approximate surface area is 174 Å². The van der Waals surface area contributed by atoms with Crippen molar-refractivity contribution in [3.63, 3.8) is 0 Å². The molecule has 9 nitrogen and oxygen atoms in total. The second-order valence-electron chi connectivity index (χ2n) is 6.06. The molecule has 0 bridgehead atoms. The van der Waals surface area contributed by atoms with Gasteiger partial charge in [0, 0.05) is 18.3 Å². The van der Waals surface area contributed by atoms with E-state index in [2.05, 4.69) is 26.3 Å². The van der Waals surface area contributed by atoms with Gasteiger partial charge in [-0.05, 0) is 47.1 Å². The molecule has 0 spiro atoms. The maximum atomic E-state index is 12.3. The number of nitro groups is 1. The van der Waals surface area contributed by atoms with E-state index in [1.54, 1.807) is 37.6 Å². The van der Waals surface area contributed by atoms with Gasteiger partial charge < -0.3 is 14.8 Å². The Hall–Kier alpha value is -3.40. The fourth-order valence-electron chi connectivity index (χ4n) is 2.52. The van der Waals surface area contributed by atoms with Crippen molar-refractivity contribution in [2.75, 3.05) is 12.4 Å². The van der Waals surface area contributed by atoms with Gasteiger partial charge in [0.15, 0.2) is 0 Å². The molecule has 0 atom stereocenters. The third-order valence-electron chi connectivity index (χ3n) is 3.87. The van der Waals surface area contributed by atoms with Crippen LogP contribution in [0.2, 0.25) is 0 Å². The van der Waals surface area contributed by atoms with Gasteiger partial charge in [0.25, 0.3) is 5.69 Å². The number of aromatic nitrogens is 2. The summed E-state index contributed by atoms with van der Waals surface area (Å²) in [5.74, 6) is 0.971. The zero-order valence-electron chi connectivity index (χ0n) is 15.6. The van der Waals surface area contributed by atoms with Crippen LogP contribution in [-0.4, -0.2) is 27.7 Å². The molecule has 3 aromatic rings. The quantitative estimate of drug-likeness (QED) is 0.415. The molecule has 2 aromatic carbocycles. The van der Waals surface area contributed by atoms with Crippen molar-refractivity contribution in [1.29, 1.82) is 0 Å². The number of hydrogen-bond donors (Lipinski definition) is 1. The molecule has 0 unspecified atom stereocenters. The number of benzene rings is 2. The van der Waals surface area contributed by atoms with Crippen LogP contribution in [0.15, 0.2) is 53.1 Å². The molecule has 10 heteroatoms. The molecule has 0 aliphatic carbocycles. The number of nitrogens with zero attached hydrogens (tertiary/aromatic N) is 3. The van der Waals surface area contributed by atoms with Gasteiger partial charge >= 0.3 is 0 Å². The molecule has 0 saturated carbocycles. The number of hydrogen-bond acceptors (Lipinski definition) is 6. The number of halogens is 1. The predicted molar refractivity (Wildman–Crippen MR) is 109 cm³/mol. The number of rotatable bonds is 7. The van der Waals surface area contributed by atoms with Crippen LogP contribution in [0.3, 0.4) is 0 Å². The second-order valence-corrected chi connectivity index (χ2v) is 6.91. The Balaban J connectivity index is 1.78. The molecule has 0 fully saturated rings.